The molecule has 1 atom stereocenters. The molecule has 0 unspecified atom stereocenters. The van der Waals surface area contributed by atoms with Crippen molar-refractivity contribution < 1.29 is 13.2 Å². The van der Waals surface area contributed by atoms with Gasteiger partial charge in [0.1, 0.15) is 0 Å². The Kier molecular flexibility index (Phi) is 6.09. The van der Waals surface area contributed by atoms with Crippen molar-refractivity contribution in [2.75, 3.05) is 19.4 Å². The molecule has 1 saturated heterocycles. The fourth-order valence-electron chi connectivity index (χ4n) is 2.19. The molecule has 1 aromatic carbocycles. The molecule has 0 saturated carbocycles. The molecule has 0 spiro atoms. The van der Waals surface area contributed by atoms with Gasteiger partial charge >= 0.3 is 0 Å². The van der Waals surface area contributed by atoms with Gasteiger partial charge in [0.2, 0.25) is 0 Å². The quantitative estimate of drug-likeness (QED) is 0.473. The van der Waals surface area contributed by atoms with Gasteiger partial charge in [-0.15, -0.1) is 0 Å². The molecule has 23 heavy (non-hydrogen) atoms. The van der Waals surface area contributed by atoms with Crippen LogP contribution >= 0.6 is 12.2 Å². The Balaban J connectivity index is 1.87. The minimum atomic E-state index is -3.18. The molecule has 1 aliphatic heterocycles. The third-order valence-electron chi connectivity index (χ3n) is 3.54. The Hall–Kier alpha value is -1.51. The van der Waals surface area contributed by atoms with E-state index in [9.17, 15) is 8.42 Å². The summed E-state index contributed by atoms with van der Waals surface area (Å²) in [5, 5.41) is 7.71. The Morgan fingerprint density at radius 1 is 1.39 bits per heavy atom. The summed E-state index contributed by atoms with van der Waals surface area (Å²) in [5.41, 5.74) is 4.32. The molecule has 2 rings (SSSR count). The SMILES string of the molecule is C/C(=N/NC(=S)NC[C@H]1CCCO1)c1ccc(S(C)(=O)=O)cc1. The normalized spacial score (nSPS) is 18.7. The lowest BCUT2D eigenvalue weighted by molar-refractivity contribution is 0.114. The molecule has 8 heteroatoms. The van der Waals surface area contributed by atoms with Gasteiger partial charge in [0.25, 0.3) is 0 Å². The van der Waals surface area contributed by atoms with E-state index in [2.05, 4.69) is 15.8 Å². The molecule has 6 nitrogen and oxygen atoms in total. The molecular weight excluding hydrogens is 334 g/mol. The highest BCUT2D eigenvalue weighted by Crippen LogP contribution is 2.11. The summed E-state index contributed by atoms with van der Waals surface area (Å²) < 4.78 is 28.4. The van der Waals surface area contributed by atoms with E-state index in [0.717, 1.165) is 25.0 Å². The number of nitrogens with zero attached hydrogens (tertiary/aromatic N) is 1. The highest BCUT2D eigenvalue weighted by atomic mass is 32.2. The van der Waals surface area contributed by atoms with Crippen LogP contribution in [-0.2, 0) is 14.6 Å². The Morgan fingerprint density at radius 2 is 2.09 bits per heavy atom. The van der Waals surface area contributed by atoms with Crippen molar-refractivity contribution in [2.45, 2.75) is 30.8 Å². The van der Waals surface area contributed by atoms with E-state index >= 15 is 0 Å². The van der Waals surface area contributed by atoms with Crippen molar-refractivity contribution in [3.05, 3.63) is 29.8 Å². The number of rotatable bonds is 5. The number of sulfone groups is 1. The molecule has 0 radical (unpaired) electrons. The van der Waals surface area contributed by atoms with Crippen molar-refractivity contribution in [3.63, 3.8) is 0 Å². The Labute approximate surface area is 142 Å². The highest BCUT2D eigenvalue weighted by Gasteiger charge is 2.15. The van der Waals surface area contributed by atoms with Gasteiger partial charge in [-0.2, -0.15) is 5.10 Å². The second-order valence-electron chi connectivity index (χ2n) is 5.45. The van der Waals surface area contributed by atoms with Crippen molar-refractivity contribution in [1.82, 2.24) is 10.7 Å². The molecule has 0 aliphatic carbocycles. The number of hydrazone groups is 1. The minimum absolute atomic E-state index is 0.211. The molecule has 0 bridgehead atoms. The van der Waals surface area contributed by atoms with Crippen LogP contribution in [0.5, 0.6) is 0 Å². The summed E-state index contributed by atoms with van der Waals surface area (Å²) in [5.74, 6) is 0. The van der Waals surface area contributed by atoms with Crippen LogP contribution in [0.25, 0.3) is 0 Å². The third kappa shape index (κ3) is 5.56. The van der Waals surface area contributed by atoms with Crippen LogP contribution in [0, 0.1) is 0 Å². The van der Waals surface area contributed by atoms with E-state index in [-0.39, 0.29) is 11.0 Å². The molecule has 0 amide bonds. The van der Waals surface area contributed by atoms with Crippen molar-refractivity contribution >= 4 is 32.9 Å². The summed E-state index contributed by atoms with van der Waals surface area (Å²) in [6.07, 6.45) is 3.53. The molecule has 0 aromatic heterocycles. The topological polar surface area (TPSA) is 79.8 Å². The zero-order chi connectivity index (χ0) is 16.9. The minimum Gasteiger partial charge on any atom is -0.376 e. The van der Waals surface area contributed by atoms with Crippen LogP contribution in [0.1, 0.15) is 25.3 Å². The predicted molar refractivity (Wildman–Crippen MR) is 94.5 cm³/mol. The van der Waals surface area contributed by atoms with Gasteiger partial charge in [0.15, 0.2) is 14.9 Å². The van der Waals surface area contributed by atoms with Crippen molar-refractivity contribution in [2.24, 2.45) is 5.10 Å². The van der Waals surface area contributed by atoms with E-state index < -0.39 is 9.84 Å². The van der Waals surface area contributed by atoms with Crippen LogP contribution in [0.15, 0.2) is 34.3 Å². The monoisotopic (exact) mass is 355 g/mol. The molecule has 1 heterocycles. The second kappa shape index (κ2) is 7.85. The standard InChI is InChI=1S/C15H21N3O3S2/c1-11(12-5-7-14(8-6-12)23(2,19)20)17-18-15(22)16-10-13-4-3-9-21-13/h5-8,13H,3-4,9-10H2,1-2H3,(H2,16,18,22)/b17-11-/t13-/m1/s1. The van der Waals surface area contributed by atoms with Crippen LogP contribution in [0.4, 0.5) is 0 Å². The molecule has 126 valence electrons. The molecule has 1 aromatic rings. The lowest BCUT2D eigenvalue weighted by Crippen LogP contribution is -2.37. The van der Waals surface area contributed by atoms with Crippen LogP contribution in [0.2, 0.25) is 0 Å². The van der Waals surface area contributed by atoms with Gasteiger partial charge in [0, 0.05) is 19.4 Å². The van der Waals surface area contributed by atoms with Crippen LogP contribution in [0.3, 0.4) is 0 Å². The van der Waals surface area contributed by atoms with Gasteiger partial charge in [-0.05, 0) is 49.7 Å². The predicted octanol–water partition coefficient (Wildman–Crippen LogP) is 1.46. The summed E-state index contributed by atoms with van der Waals surface area (Å²) in [4.78, 5) is 0.288. The largest absolute Gasteiger partial charge is 0.376 e. The summed E-state index contributed by atoms with van der Waals surface area (Å²) in [7, 11) is -3.18. The highest BCUT2D eigenvalue weighted by molar-refractivity contribution is 7.90. The molecular formula is C15H21N3O3S2. The summed E-state index contributed by atoms with van der Waals surface area (Å²) >= 11 is 5.16. The van der Waals surface area contributed by atoms with E-state index in [1.807, 2.05) is 6.92 Å². The van der Waals surface area contributed by atoms with Gasteiger partial charge in [-0.3, -0.25) is 5.43 Å². The first-order valence-electron chi connectivity index (χ1n) is 7.36. The van der Waals surface area contributed by atoms with Gasteiger partial charge in [-0.1, -0.05) is 12.1 Å². The number of nitrogens with one attached hydrogen (secondary N) is 2. The van der Waals surface area contributed by atoms with Gasteiger partial charge in [-0.25, -0.2) is 8.42 Å². The Morgan fingerprint density at radius 3 is 2.65 bits per heavy atom. The summed E-state index contributed by atoms with van der Waals surface area (Å²) in [6, 6.07) is 6.58. The number of hydrogen-bond donors (Lipinski definition) is 2. The first kappa shape index (κ1) is 17.8. The molecule has 1 fully saturated rings. The maximum absolute atomic E-state index is 11.4. The van der Waals surface area contributed by atoms with Gasteiger partial charge in [0.05, 0.1) is 16.7 Å². The van der Waals surface area contributed by atoms with E-state index in [4.69, 9.17) is 17.0 Å². The van der Waals surface area contributed by atoms with Gasteiger partial charge < -0.3 is 10.1 Å². The number of benzene rings is 1. The van der Waals surface area contributed by atoms with Crippen LogP contribution in [-0.4, -0.2) is 44.8 Å². The second-order valence-corrected chi connectivity index (χ2v) is 7.87. The average Bonchev–Trinajstić information content (AvgIpc) is 3.03. The smallest absolute Gasteiger partial charge is 0.187 e. The number of thiocarbonyl (C=S) groups is 1. The third-order valence-corrected chi connectivity index (χ3v) is 4.90. The maximum atomic E-state index is 11.4. The Bertz CT molecular complexity index is 678. The lowest BCUT2D eigenvalue weighted by Gasteiger charge is -2.12. The van der Waals surface area contributed by atoms with Crippen LogP contribution < -0.4 is 10.7 Å². The lowest BCUT2D eigenvalue weighted by atomic mass is 10.1. The van der Waals surface area contributed by atoms with E-state index in [0.29, 0.717) is 17.4 Å². The summed E-state index contributed by atoms with van der Waals surface area (Å²) in [6.45, 7) is 3.31. The van der Waals surface area contributed by atoms with Crippen molar-refractivity contribution in [1.29, 1.82) is 0 Å². The molecule has 1 aliphatic rings. The molecule has 2 N–H and O–H groups in total. The number of ether oxygens (including phenoxy) is 1. The van der Waals surface area contributed by atoms with E-state index in [1.165, 1.54) is 6.26 Å². The fourth-order valence-corrected chi connectivity index (χ4v) is 2.95. The van der Waals surface area contributed by atoms with E-state index in [1.54, 1.807) is 24.3 Å². The zero-order valence-corrected chi connectivity index (χ0v) is 14.8. The van der Waals surface area contributed by atoms with Crippen molar-refractivity contribution in [3.8, 4) is 0 Å². The first-order valence-corrected chi connectivity index (χ1v) is 9.66. The maximum Gasteiger partial charge on any atom is 0.187 e. The zero-order valence-electron chi connectivity index (χ0n) is 13.2. The fraction of sp³-hybridized carbons (Fsp3) is 0.467. The number of hydrogen-bond acceptors (Lipinski definition) is 5. The first-order chi connectivity index (χ1) is 10.9. The average molecular weight is 355 g/mol.